The minimum absolute atomic E-state index is 0.107. The number of Topliss-reactive ketones (excluding diaryl/α,β-unsaturated/α-hetero) is 1. The van der Waals surface area contributed by atoms with Gasteiger partial charge in [-0.25, -0.2) is 4.98 Å². The Hall–Kier alpha value is -2.26. The lowest BCUT2D eigenvalue weighted by Gasteiger charge is -2.30. The standard InChI is InChI=1S/C23H26ClN3O4S/c1-14-22(32-15(2)25-14)20(28)18-19(16-4-6-17(24)7-5-16)27(23(30)21(18)29)9-3-8-26-10-12-31-13-11-26/h4-7,19,29H,3,8-13H2,1-2H3/t19-/m1/s1. The van der Waals surface area contributed by atoms with Crippen LogP contribution in [-0.2, 0) is 9.53 Å². The van der Waals surface area contributed by atoms with Crippen molar-refractivity contribution >= 4 is 34.6 Å². The number of halogens is 1. The van der Waals surface area contributed by atoms with Crippen LogP contribution in [0.15, 0.2) is 35.6 Å². The molecule has 0 saturated carbocycles. The SMILES string of the molecule is Cc1nc(C)c(C(=O)C2=C(O)C(=O)N(CCCN3CCOCC3)[C@@H]2c2ccc(Cl)cc2)s1. The first-order valence-corrected chi connectivity index (χ1v) is 11.8. The predicted octanol–water partition coefficient (Wildman–Crippen LogP) is 3.71. The Morgan fingerprint density at radius 1 is 1.22 bits per heavy atom. The molecule has 1 fully saturated rings. The summed E-state index contributed by atoms with van der Waals surface area (Å²) in [5.41, 5.74) is 1.45. The second-order valence-electron chi connectivity index (χ2n) is 8.00. The smallest absolute Gasteiger partial charge is 0.290 e. The molecule has 1 aromatic carbocycles. The maximum Gasteiger partial charge on any atom is 0.290 e. The van der Waals surface area contributed by atoms with Gasteiger partial charge in [0.15, 0.2) is 5.76 Å². The highest BCUT2D eigenvalue weighted by atomic mass is 35.5. The van der Waals surface area contributed by atoms with Gasteiger partial charge in [0, 0.05) is 31.2 Å². The van der Waals surface area contributed by atoms with Crippen molar-refractivity contribution in [3.05, 3.63) is 61.8 Å². The highest BCUT2D eigenvalue weighted by Crippen LogP contribution is 2.40. The van der Waals surface area contributed by atoms with Crippen molar-refractivity contribution in [3.8, 4) is 0 Å². The molecule has 0 aliphatic carbocycles. The number of carbonyl (C=O) groups is 2. The molecule has 9 heteroatoms. The van der Waals surface area contributed by atoms with E-state index in [-0.39, 0.29) is 11.4 Å². The van der Waals surface area contributed by atoms with E-state index < -0.39 is 17.7 Å². The van der Waals surface area contributed by atoms with E-state index in [1.165, 1.54) is 11.3 Å². The molecule has 2 aromatic rings. The maximum atomic E-state index is 13.5. The van der Waals surface area contributed by atoms with Crippen LogP contribution in [0.4, 0.5) is 0 Å². The molecule has 1 aromatic heterocycles. The summed E-state index contributed by atoms with van der Waals surface area (Å²) in [7, 11) is 0. The number of aliphatic hydroxyl groups excluding tert-OH is 1. The van der Waals surface area contributed by atoms with E-state index in [0.717, 1.165) is 36.6 Å². The molecular weight excluding hydrogens is 450 g/mol. The molecule has 32 heavy (non-hydrogen) atoms. The van der Waals surface area contributed by atoms with Gasteiger partial charge in [-0.1, -0.05) is 23.7 Å². The third kappa shape index (κ3) is 4.59. The molecule has 7 nitrogen and oxygen atoms in total. The molecule has 0 unspecified atom stereocenters. The number of benzene rings is 1. The van der Waals surface area contributed by atoms with Crippen LogP contribution in [0.25, 0.3) is 0 Å². The van der Waals surface area contributed by atoms with Crippen LogP contribution in [-0.4, -0.2) is 71.0 Å². The van der Waals surface area contributed by atoms with Crippen LogP contribution in [0.2, 0.25) is 5.02 Å². The quantitative estimate of drug-likeness (QED) is 0.614. The number of aryl methyl sites for hydroxylation is 2. The Kier molecular flexibility index (Phi) is 6.95. The van der Waals surface area contributed by atoms with Crippen LogP contribution in [0.1, 0.15) is 38.4 Å². The number of aliphatic hydroxyl groups is 1. The van der Waals surface area contributed by atoms with Crippen molar-refractivity contribution in [2.24, 2.45) is 0 Å². The minimum Gasteiger partial charge on any atom is -0.503 e. The van der Waals surface area contributed by atoms with Crippen molar-refractivity contribution in [2.45, 2.75) is 26.3 Å². The van der Waals surface area contributed by atoms with Crippen LogP contribution < -0.4 is 0 Å². The van der Waals surface area contributed by atoms with Gasteiger partial charge >= 0.3 is 0 Å². The average molecular weight is 476 g/mol. The maximum absolute atomic E-state index is 13.5. The zero-order chi connectivity index (χ0) is 22.8. The van der Waals surface area contributed by atoms with Crippen LogP contribution in [0.3, 0.4) is 0 Å². The average Bonchev–Trinajstić information content (AvgIpc) is 3.25. The van der Waals surface area contributed by atoms with Gasteiger partial charge in [-0.3, -0.25) is 14.5 Å². The van der Waals surface area contributed by atoms with Gasteiger partial charge < -0.3 is 14.7 Å². The lowest BCUT2D eigenvalue weighted by molar-refractivity contribution is -0.129. The molecule has 0 bridgehead atoms. The fourth-order valence-corrected chi connectivity index (χ4v) is 5.26. The molecule has 3 heterocycles. The number of nitrogens with zero attached hydrogens (tertiary/aromatic N) is 3. The van der Waals surface area contributed by atoms with E-state index in [2.05, 4.69) is 9.88 Å². The fraction of sp³-hybridized carbons (Fsp3) is 0.435. The number of carbonyl (C=O) groups excluding carboxylic acids is 2. The number of morpholine rings is 1. The van der Waals surface area contributed by atoms with Crippen LogP contribution in [0, 0.1) is 13.8 Å². The summed E-state index contributed by atoms with van der Waals surface area (Å²) in [4.78, 5) is 35.2. The second kappa shape index (κ2) is 9.70. The van der Waals surface area contributed by atoms with Gasteiger partial charge in [-0.15, -0.1) is 11.3 Å². The molecule has 2 aliphatic heterocycles. The zero-order valence-electron chi connectivity index (χ0n) is 18.1. The van der Waals surface area contributed by atoms with E-state index in [1.807, 2.05) is 6.92 Å². The van der Waals surface area contributed by atoms with E-state index in [9.17, 15) is 14.7 Å². The highest BCUT2D eigenvalue weighted by molar-refractivity contribution is 7.14. The predicted molar refractivity (Wildman–Crippen MR) is 123 cm³/mol. The van der Waals surface area contributed by atoms with E-state index in [4.69, 9.17) is 16.3 Å². The Morgan fingerprint density at radius 2 is 1.91 bits per heavy atom. The molecule has 4 rings (SSSR count). The first-order valence-electron chi connectivity index (χ1n) is 10.6. The molecule has 1 atom stereocenters. The molecule has 0 spiro atoms. The number of hydrogen-bond acceptors (Lipinski definition) is 7. The molecule has 170 valence electrons. The normalized spacial score (nSPS) is 19.8. The number of ketones is 1. The summed E-state index contributed by atoms with van der Waals surface area (Å²) in [6, 6.07) is 6.39. The molecule has 2 aliphatic rings. The summed E-state index contributed by atoms with van der Waals surface area (Å²) in [5, 5.41) is 12.1. The van der Waals surface area contributed by atoms with E-state index in [0.29, 0.717) is 35.4 Å². The number of rotatable bonds is 7. The second-order valence-corrected chi connectivity index (χ2v) is 9.64. The molecular formula is C23H26ClN3O4S. The topological polar surface area (TPSA) is 83.0 Å². The van der Waals surface area contributed by atoms with Crippen molar-refractivity contribution in [1.29, 1.82) is 0 Å². The Morgan fingerprint density at radius 3 is 2.53 bits per heavy atom. The van der Waals surface area contributed by atoms with Crippen molar-refractivity contribution in [2.75, 3.05) is 39.4 Å². The van der Waals surface area contributed by atoms with Crippen molar-refractivity contribution < 1.29 is 19.4 Å². The monoisotopic (exact) mass is 475 g/mol. The third-order valence-corrected chi connectivity index (χ3v) is 7.14. The van der Waals surface area contributed by atoms with Gasteiger partial charge in [-0.2, -0.15) is 0 Å². The molecule has 1 saturated heterocycles. The summed E-state index contributed by atoms with van der Waals surface area (Å²) < 4.78 is 5.39. The minimum atomic E-state index is -0.668. The zero-order valence-corrected chi connectivity index (χ0v) is 19.7. The first kappa shape index (κ1) is 22.9. The molecule has 0 radical (unpaired) electrons. The third-order valence-electron chi connectivity index (χ3n) is 5.82. The number of thiazole rings is 1. The van der Waals surface area contributed by atoms with E-state index >= 15 is 0 Å². The van der Waals surface area contributed by atoms with E-state index in [1.54, 1.807) is 36.1 Å². The highest BCUT2D eigenvalue weighted by Gasteiger charge is 2.44. The summed E-state index contributed by atoms with van der Waals surface area (Å²) in [5.74, 6) is -1.35. The van der Waals surface area contributed by atoms with Crippen LogP contribution >= 0.6 is 22.9 Å². The van der Waals surface area contributed by atoms with Gasteiger partial charge in [0.1, 0.15) is 0 Å². The molecule has 1 amide bonds. The largest absolute Gasteiger partial charge is 0.503 e. The van der Waals surface area contributed by atoms with Crippen LogP contribution in [0.5, 0.6) is 0 Å². The number of aromatic nitrogens is 1. The number of amides is 1. The molecule has 1 N–H and O–H groups in total. The first-order chi connectivity index (χ1) is 15.4. The van der Waals surface area contributed by atoms with Crippen molar-refractivity contribution in [3.63, 3.8) is 0 Å². The summed E-state index contributed by atoms with van der Waals surface area (Å²) in [6.07, 6.45) is 0.725. The summed E-state index contributed by atoms with van der Waals surface area (Å²) >= 11 is 7.34. The Bertz CT molecular complexity index is 1040. The fourth-order valence-electron chi connectivity index (χ4n) is 4.26. The van der Waals surface area contributed by atoms with Gasteiger partial charge in [0.2, 0.25) is 5.78 Å². The van der Waals surface area contributed by atoms with Gasteiger partial charge in [0.25, 0.3) is 5.91 Å². The Balaban J connectivity index is 1.63. The van der Waals surface area contributed by atoms with Gasteiger partial charge in [0.05, 0.1) is 40.4 Å². The Labute approximate surface area is 196 Å². The summed E-state index contributed by atoms with van der Waals surface area (Å²) in [6.45, 7) is 8.00. The van der Waals surface area contributed by atoms with Gasteiger partial charge in [-0.05, 0) is 38.0 Å². The lowest BCUT2D eigenvalue weighted by atomic mass is 9.95. The number of ether oxygens (including phenoxy) is 1. The van der Waals surface area contributed by atoms with Crippen molar-refractivity contribution in [1.82, 2.24) is 14.8 Å². The number of hydrogen-bond donors (Lipinski definition) is 1. The lowest BCUT2D eigenvalue weighted by Crippen LogP contribution is -2.39.